The molecule has 2 amide bonds. The number of para-hydroxylation sites is 1. The molecule has 2 aromatic heterocycles. The highest BCUT2D eigenvalue weighted by Crippen LogP contribution is 2.54. The summed E-state index contributed by atoms with van der Waals surface area (Å²) in [7, 11) is 3.57. The summed E-state index contributed by atoms with van der Waals surface area (Å²) in [6.45, 7) is 0.207. The molecule has 3 N–H and O–H groups in total. The van der Waals surface area contributed by atoms with E-state index >= 15 is 0 Å². The normalized spacial score (nSPS) is 20.6. The average molecular weight is 448 g/mol. The van der Waals surface area contributed by atoms with Crippen molar-refractivity contribution in [1.82, 2.24) is 19.7 Å². The number of carbonyl (C=O) groups excluding carboxylic acids is 2. The Kier molecular flexibility index (Phi) is 5.82. The Morgan fingerprint density at radius 2 is 2.06 bits per heavy atom. The number of aromatic nitrogens is 3. The fourth-order valence-corrected chi connectivity index (χ4v) is 4.88. The van der Waals surface area contributed by atoms with Crippen molar-refractivity contribution in [3.63, 3.8) is 0 Å². The molecule has 2 aliphatic heterocycles. The van der Waals surface area contributed by atoms with E-state index in [2.05, 4.69) is 20.7 Å². The smallest absolute Gasteiger partial charge is 0.290 e. The van der Waals surface area contributed by atoms with Gasteiger partial charge in [-0.2, -0.15) is 5.10 Å². The van der Waals surface area contributed by atoms with Crippen LogP contribution in [-0.2, 0) is 22.1 Å². The Bertz CT molecular complexity index is 1210. The maximum atomic E-state index is 13.7. The van der Waals surface area contributed by atoms with Crippen LogP contribution in [0.2, 0.25) is 0 Å². The van der Waals surface area contributed by atoms with Crippen molar-refractivity contribution in [2.75, 3.05) is 24.2 Å². The van der Waals surface area contributed by atoms with E-state index in [9.17, 15) is 9.59 Å². The zero-order chi connectivity index (χ0) is 23.6. The molecule has 10 nitrogen and oxygen atoms in total. The number of carbonyl (C=O) groups is 3. The van der Waals surface area contributed by atoms with Crippen molar-refractivity contribution < 1.29 is 19.5 Å². The molecule has 0 bridgehead atoms. The minimum atomic E-state index is -0.850. The van der Waals surface area contributed by atoms with Crippen LogP contribution in [0.1, 0.15) is 33.9 Å². The van der Waals surface area contributed by atoms with Crippen LogP contribution in [0, 0.1) is 0 Å². The second-order valence-corrected chi connectivity index (χ2v) is 7.82. The molecule has 2 atom stereocenters. The van der Waals surface area contributed by atoms with E-state index in [-0.39, 0.29) is 18.3 Å². The van der Waals surface area contributed by atoms with Crippen molar-refractivity contribution >= 4 is 29.8 Å². The number of fused-ring (bicyclic) bond motifs is 2. The van der Waals surface area contributed by atoms with Crippen LogP contribution in [0.5, 0.6) is 0 Å². The number of pyridine rings is 1. The minimum Gasteiger partial charge on any atom is -0.483 e. The lowest BCUT2D eigenvalue weighted by molar-refractivity contribution is -0.123. The van der Waals surface area contributed by atoms with E-state index in [1.54, 1.807) is 41.2 Å². The zero-order valence-corrected chi connectivity index (χ0v) is 18.2. The van der Waals surface area contributed by atoms with Gasteiger partial charge in [-0.1, -0.05) is 18.2 Å². The number of amides is 2. The van der Waals surface area contributed by atoms with Gasteiger partial charge in [-0.3, -0.25) is 19.1 Å². The summed E-state index contributed by atoms with van der Waals surface area (Å²) in [5.74, 6) is 0.285. The van der Waals surface area contributed by atoms with Gasteiger partial charge in [0.1, 0.15) is 11.2 Å². The quantitative estimate of drug-likeness (QED) is 0.523. The number of benzene rings is 1. The molecule has 3 aromatic rings. The first-order valence-corrected chi connectivity index (χ1v) is 10.4. The van der Waals surface area contributed by atoms with Crippen LogP contribution < -0.4 is 10.6 Å². The fraction of sp³-hybridized carbons (Fsp3) is 0.261. The highest BCUT2D eigenvalue weighted by molar-refractivity contribution is 6.08. The van der Waals surface area contributed by atoms with Crippen molar-refractivity contribution in [3.05, 3.63) is 71.7 Å². The van der Waals surface area contributed by atoms with Crippen LogP contribution in [-0.4, -0.2) is 56.6 Å². The molecule has 1 fully saturated rings. The number of anilines is 2. The first kappa shape index (κ1) is 22.0. The maximum Gasteiger partial charge on any atom is 0.290 e. The van der Waals surface area contributed by atoms with Crippen LogP contribution in [0.25, 0.3) is 0 Å². The average Bonchev–Trinajstić information content (AvgIpc) is 3.50. The van der Waals surface area contributed by atoms with E-state index < -0.39 is 11.5 Å². The van der Waals surface area contributed by atoms with Crippen LogP contribution in [0.3, 0.4) is 0 Å². The third-order valence-electron chi connectivity index (χ3n) is 6.16. The predicted molar refractivity (Wildman–Crippen MR) is 121 cm³/mol. The SMILES string of the molecule is CNc1ncccc1C(=O)N1CCC2(C(=O)Nc3ccccc32)C1c1cnn(C)c1.O=CO. The van der Waals surface area contributed by atoms with E-state index in [1.807, 2.05) is 37.5 Å². The lowest BCUT2D eigenvalue weighted by atomic mass is 9.73. The Hall–Kier alpha value is -4.21. The molecule has 33 heavy (non-hydrogen) atoms. The van der Waals surface area contributed by atoms with Gasteiger partial charge in [0.2, 0.25) is 5.91 Å². The molecule has 0 aliphatic carbocycles. The second-order valence-electron chi connectivity index (χ2n) is 7.82. The molecule has 170 valence electrons. The van der Waals surface area contributed by atoms with Gasteiger partial charge in [0, 0.05) is 44.3 Å². The van der Waals surface area contributed by atoms with Gasteiger partial charge in [0.15, 0.2) is 0 Å². The first-order valence-electron chi connectivity index (χ1n) is 10.4. The fourth-order valence-electron chi connectivity index (χ4n) is 4.88. The Labute approximate surface area is 190 Å². The Balaban J connectivity index is 0.000000821. The summed E-state index contributed by atoms with van der Waals surface area (Å²) in [5, 5.41) is 17.2. The lowest BCUT2D eigenvalue weighted by Gasteiger charge is -2.33. The summed E-state index contributed by atoms with van der Waals surface area (Å²) < 4.78 is 1.70. The van der Waals surface area contributed by atoms with Crippen molar-refractivity contribution in [2.24, 2.45) is 7.05 Å². The third kappa shape index (κ3) is 3.49. The number of nitrogens with one attached hydrogen (secondary N) is 2. The molecular formula is C23H24N6O4. The molecule has 5 rings (SSSR count). The Morgan fingerprint density at radius 1 is 1.30 bits per heavy atom. The molecule has 4 heterocycles. The third-order valence-corrected chi connectivity index (χ3v) is 6.16. The molecule has 2 aliphatic rings. The zero-order valence-electron chi connectivity index (χ0n) is 18.2. The first-order chi connectivity index (χ1) is 16.0. The molecule has 1 spiro atoms. The summed E-state index contributed by atoms with van der Waals surface area (Å²) in [6, 6.07) is 10.8. The number of hydrogen-bond acceptors (Lipinski definition) is 6. The van der Waals surface area contributed by atoms with E-state index in [1.165, 1.54) is 0 Å². The van der Waals surface area contributed by atoms with Gasteiger partial charge < -0.3 is 20.6 Å². The number of aryl methyl sites for hydroxylation is 1. The summed E-state index contributed by atoms with van der Waals surface area (Å²) in [4.78, 5) is 41.5. The van der Waals surface area contributed by atoms with Gasteiger partial charge in [0.25, 0.3) is 12.4 Å². The monoisotopic (exact) mass is 448 g/mol. The highest BCUT2D eigenvalue weighted by Gasteiger charge is 2.59. The summed E-state index contributed by atoms with van der Waals surface area (Å²) in [5.41, 5.74) is 2.21. The molecule has 0 saturated carbocycles. The van der Waals surface area contributed by atoms with Gasteiger partial charge in [0.05, 0.1) is 17.8 Å². The molecule has 10 heteroatoms. The van der Waals surface area contributed by atoms with Crippen LogP contribution >= 0.6 is 0 Å². The van der Waals surface area contributed by atoms with Crippen LogP contribution in [0.4, 0.5) is 11.5 Å². The standard InChI is InChI=1S/C22H22N6O2.CH2O2/c1-23-19-15(6-5-10-24-19)20(29)28-11-9-22(18(28)14-12-25-27(2)13-14)16-7-3-4-8-17(16)26-21(22)30;2-1-3/h3-8,10,12-13,18H,9,11H2,1-2H3,(H,23,24)(H,26,30);1H,(H,2,3). The van der Waals surface area contributed by atoms with Crippen molar-refractivity contribution in [3.8, 4) is 0 Å². The molecule has 1 aromatic carbocycles. The largest absolute Gasteiger partial charge is 0.483 e. The van der Waals surface area contributed by atoms with Gasteiger partial charge in [-0.25, -0.2) is 4.98 Å². The molecule has 0 radical (unpaired) electrons. The Morgan fingerprint density at radius 3 is 2.76 bits per heavy atom. The van der Waals surface area contributed by atoms with Crippen molar-refractivity contribution in [2.45, 2.75) is 17.9 Å². The van der Waals surface area contributed by atoms with Crippen LogP contribution in [0.15, 0.2) is 55.0 Å². The van der Waals surface area contributed by atoms with Gasteiger partial charge in [-0.15, -0.1) is 0 Å². The molecule has 2 unspecified atom stereocenters. The number of likely N-dealkylation sites (tertiary alicyclic amines) is 1. The van der Waals surface area contributed by atoms with E-state index in [0.29, 0.717) is 24.3 Å². The van der Waals surface area contributed by atoms with Gasteiger partial charge >= 0.3 is 0 Å². The molecule has 1 saturated heterocycles. The van der Waals surface area contributed by atoms with Gasteiger partial charge in [-0.05, 0) is 30.2 Å². The second kappa shape index (κ2) is 8.73. The minimum absolute atomic E-state index is 0.0760. The topological polar surface area (TPSA) is 129 Å². The number of rotatable bonds is 3. The van der Waals surface area contributed by atoms with E-state index in [0.717, 1.165) is 16.8 Å². The summed E-state index contributed by atoms with van der Waals surface area (Å²) in [6.07, 6.45) is 5.81. The lowest BCUT2D eigenvalue weighted by Crippen LogP contribution is -2.42. The molecular weight excluding hydrogens is 424 g/mol. The predicted octanol–water partition coefficient (Wildman–Crippen LogP) is 2.03. The number of carboxylic acid groups (broad SMARTS) is 1. The summed E-state index contributed by atoms with van der Waals surface area (Å²) >= 11 is 0. The number of nitrogens with zero attached hydrogens (tertiary/aromatic N) is 4. The van der Waals surface area contributed by atoms with E-state index in [4.69, 9.17) is 9.90 Å². The van der Waals surface area contributed by atoms with Crippen molar-refractivity contribution in [1.29, 1.82) is 0 Å². The maximum absolute atomic E-state index is 13.7. The number of hydrogen-bond donors (Lipinski definition) is 3. The highest BCUT2D eigenvalue weighted by atomic mass is 16.3.